The van der Waals surface area contributed by atoms with Crippen molar-refractivity contribution in [3.8, 4) is 0 Å². The Bertz CT molecular complexity index is 1530. The molecule has 13 heteroatoms. The van der Waals surface area contributed by atoms with Gasteiger partial charge in [0.25, 0.3) is 11.9 Å². The third-order valence-electron chi connectivity index (χ3n) is 6.76. The summed E-state index contributed by atoms with van der Waals surface area (Å²) in [6, 6.07) is 16.2. The van der Waals surface area contributed by atoms with Gasteiger partial charge in [-0.2, -0.15) is 13.8 Å². The van der Waals surface area contributed by atoms with Gasteiger partial charge in [-0.05, 0) is 6.07 Å². The summed E-state index contributed by atoms with van der Waals surface area (Å²) in [5.41, 5.74) is 1.73. The Balaban J connectivity index is 1.32. The summed E-state index contributed by atoms with van der Waals surface area (Å²) in [6.45, 7) is 1.36. The topological polar surface area (TPSA) is 119 Å². The molecule has 0 bridgehead atoms. The predicted octanol–water partition coefficient (Wildman–Crippen LogP) is 2.51. The maximum absolute atomic E-state index is 15.3. The van der Waals surface area contributed by atoms with Crippen molar-refractivity contribution in [1.29, 1.82) is 0 Å². The number of hydrogen-bond donors (Lipinski definition) is 3. The molecule has 1 saturated heterocycles. The Morgan fingerprint density at radius 3 is 2.37 bits per heavy atom. The van der Waals surface area contributed by atoms with E-state index in [0.717, 1.165) is 5.56 Å². The number of aliphatic imine (C=N–C) groups is 1. The van der Waals surface area contributed by atoms with Crippen LogP contribution in [0.1, 0.15) is 18.1 Å². The van der Waals surface area contributed by atoms with Crippen LogP contribution in [0.25, 0.3) is 0 Å². The Kier molecular flexibility index (Phi) is 7.86. The molecule has 1 aromatic heterocycles. The second-order valence-electron chi connectivity index (χ2n) is 9.42. The fraction of sp³-hybridized carbons (Fsp3) is 0.250. The van der Waals surface area contributed by atoms with E-state index in [1.54, 1.807) is 24.3 Å². The quantitative estimate of drug-likeness (QED) is 0.396. The number of carbonyl (C=O) groups is 3. The fourth-order valence-electron chi connectivity index (χ4n) is 4.69. The lowest BCUT2D eigenvalue weighted by Crippen LogP contribution is -2.48. The van der Waals surface area contributed by atoms with Gasteiger partial charge in [0, 0.05) is 44.2 Å². The molecule has 3 N–H and O–H groups in total. The zero-order valence-electron chi connectivity index (χ0n) is 22.0. The predicted molar refractivity (Wildman–Crippen MR) is 146 cm³/mol. The number of fused-ring (bicyclic) bond motifs is 1. The van der Waals surface area contributed by atoms with Crippen LogP contribution in [0.5, 0.6) is 0 Å². The largest absolute Gasteiger partial charge is 0.363 e. The molecule has 10 nitrogen and oxygen atoms in total. The number of para-hydroxylation sites is 1. The summed E-state index contributed by atoms with van der Waals surface area (Å²) in [6.07, 6.45) is -1.33. The lowest BCUT2D eigenvalue weighted by molar-refractivity contribution is -0.129. The minimum absolute atomic E-state index is 0.0811. The maximum Gasteiger partial charge on any atom is 0.269 e. The molecular weight excluding hydrogens is 539 g/mol. The van der Waals surface area contributed by atoms with Crippen molar-refractivity contribution in [3.05, 3.63) is 83.3 Å². The molecule has 2 aliphatic heterocycles. The van der Waals surface area contributed by atoms with Gasteiger partial charge in [0.1, 0.15) is 5.69 Å². The minimum Gasteiger partial charge on any atom is -0.363 e. The van der Waals surface area contributed by atoms with Gasteiger partial charge < -0.3 is 25.8 Å². The van der Waals surface area contributed by atoms with E-state index in [1.165, 1.54) is 16.7 Å². The number of nitrogens with one attached hydrogen (secondary N) is 3. The molecule has 0 saturated carbocycles. The molecule has 3 heterocycles. The average molecular weight is 566 g/mol. The standard InChI is InChI=1S/C28H26F3N7O3/c1-16(39)37-11-13-38(14-12-37)24-21(29)25(31)36-26(22(24)30)32-15-20(40)34-27-28(41)33-19-10-6-5-9-18(19)23(35-27)17-7-3-2-4-8-17/h2-10,27H,11-15H2,1H3,(H,32,36)(H,33,41)(H,34,40)/t27-/m0/s1. The number of rotatable bonds is 6. The molecule has 3 aromatic rings. The van der Waals surface area contributed by atoms with Gasteiger partial charge >= 0.3 is 0 Å². The van der Waals surface area contributed by atoms with Gasteiger partial charge in [-0.3, -0.25) is 14.4 Å². The summed E-state index contributed by atoms with van der Waals surface area (Å²) in [7, 11) is 0. The summed E-state index contributed by atoms with van der Waals surface area (Å²) in [4.78, 5) is 47.9. The van der Waals surface area contributed by atoms with Gasteiger partial charge in [-0.1, -0.05) is 48.5 Å². The van der Waals surface area contributed by atoms with Crippen LogP contribution in [0.2, 0.25) is 0 Å². The van der Waals surface area contributed by atoms with Crippen molar-refractivity contribution in [2.24, 2.45) is 4.99 Å². The Morgan fingerprint density at radius 2 is 1.66 bits per heavy atom. The molecule has 0 unspecified atom stereocenters. The fourth-order valence-corrected chi connectivity index (χ4v) is 4.69. The molecule has 41 heavy (non-hydrogen) atoms. The van der Waals surface area contributed by atoms with Crippen LogP contribution in [0.4, 0.5) is 30.4 Å². The molecule has 0 radical (unpaired) electrons. The lowest BCUT2D eigenvalue weighted by atomic mass is 10.0. The molecule has 0 aliphatic carbocycles. The van der Waals surface area contributed by atoms with Crippen molar-refractivity contribution in [2.75, 3.05) is 48.3 Å². The van der Waals surface area contributed by atoms with Crippen LogP contribution in [-0.2, 0) is 14.4 Å². The second-order valence-corrected chi connectivity index (χ2v) is 9.42. The second kappa shape index (κ2) is 11.7. The van der Waals surface area contributed by atoms with E-state index in [9.17, 15) is 23.2 Å². The number of hydrogen-bond acceptors (Lipinski definition) is 7. The third-order valence-corrected chi connectivity index (χ3v) is 6.76. The first kappa shape index (κ1) is 27.6. The van der Waals surface area contributed by atoms with Gasteiger partial charge in [-0.15, -0.1) is 0 Å². The highest BCUT2D eigenvalue weighted by Gasteiger charge is 2.30. The monoisotopic (exact) mass is 565 g/mol. The van der Waals surface area contributed by atoms with Gasteiger partial charge in [0.2, 0.25) is 23.8 Å². The highest BCUT2D eigenvalue weighted by molar-refractivity contribution is 6.19. The van der Waals surface area contributed by atoms with Crippen molar-refractivity contribution in [2.45, 2.75) is 13.1 Å². The summed E-state index contributed by atoms with van der Waals surface area (Å²) in [5, 5.41) is 7.62. The van der Waals surface area contributed by atoms with Crippen LogP contribution in [0, 0.1) is 17.6 Å². The van der Waals surface area contributed by atoms with E-state index >= 15 is 4.39 Å². The molecule has 2 aliphatic rings. The lowest BCUT2D eigenvalue weighted by Gasteiger charge is -2.36. The number of aromatic nitrogens is 1. The van der Waals surface area contributed by atoms with E-state index in [0.29, 0.717) is 17.0 Å². The van der Waals surface area contributed by atoms with Crippen LogP contribution in [0.3, 0.4) is 0 Å². The first-order chi connectivity index (χ1) is 19.7. The molecule has 5 rings (SSSR count). The zero-order valence-corrected chi connectivity index (χ0v) is 22.0. The van der Waals surface area contributed by atoms with Gasteiger partial charge in [-0.25, -0.2) is 9.38 Å². The Labute approximate surface area is 233 Å². The number of carbonyl (C=O) groups excluding carboxylic acids is 3. The Morgan fingerprint density at radius 1 is 0.976 bits per heavy atom. The van der Waals surface area contributed by atoms with E-state index in [2.05, 4.69) is 25.9 Å². The number of benzene rings is 2. The average Bonchev–Trinajstić information content (AvgIpc) is 3.11. The molecule has 1 atom stereocenters. The van der Waals surface area contributed by atoms with Crippen molar-refractivity contribution < 1.29 is 27.6 Å². The molecule has 3 amide bonds. The van der Waals surface area contributed by atoms with Crippen molar-refractivity contribution in [1.82, 2.24) is 15.2 Å². The number of nitrogens with zero attached hydrogens (tertiary/aromatic N) is 4. The molecule has 212 valence electrons. The minimum atomic E-state index is -1.55. The molecule has 1 fully saturated rings. The van der Waals surface area contributed by atoms with Crippen molar-refractivity contribution in [3.63, 3.8) is 0 Å². The van der Waals surface area contributed by atoms with Crippen LogP contribution in [-0.4, -0.2) is 72.2 Å². The first-order valence-corrected chi connectivity index (χ1v) is 12.8. The molecule has 0 spiro atoms. The zero-order chi connectivity index (χ0) is 29.1. The number of halogens is 3. The van der Waals surface area contributed by atoms with Crippen LogP contribution < -0.4 is 20.9 Å². The van der Waals surface area contributed by atoms with Crippen LogP contribution >= 0.6 is 0 Å². The van der Waals surface area contributed by atoms with Gasteiger partial charge in [0.05, 0.1) is 17.9 Å². The summed E-state index contributed by atoms with van der Waals surface area (Å²) in [5.74, 6) is -6.40. The normalized spacial score (nSPS) is 16.7. The maximum atomic E-state index is 15.3. The highest BCUT2D eigenvalue weighted by atomic mass is 19.2. The first-order valence-electron chi connectivity index (χ1n) is 12.8. The van der Waals surface area contributed by atoms with E-state index in [4.69, 9.17) is 0 Å². The smallest absolute Gasteiger partial charge is 0.269 e. The van der Waals surface area contributed by atoms with Gasteiger partial charge in [0.15, 0.2) is 11.6 Å². The third kappa shape index (κ3) is 5.83. The number of amides is 3. The molecule has 2 aromatic carbocycles. The highest BCUT2D eigenvalue weighted by Crippen LogP contribution is 2.30. The SMILES string of the molecule is CC(=O)N1CCN(c2c(F)c(F)nc(NCC(=O)N[C@H]3N=C(c4ccccc4)c4ccccc4NC3=O)c2F)CC1. The number of pyridine rings is 1. The van der Waals surface area contributed by atoms with E-state index in [-0.39, 0.29) is 32.1 Å². The van der Waals surface area contributed by atoms with E-state index in [1.807, 2.05) is 30.3 Å². The van der Waals surface area contributed by atoms with Crippen molar-refractivity contribution >= 4 is 40.6 Å². The number of anilines is 3. The summed E-state index contributed by atoms with van der Waals surface area (Å²) >= 11 is 0. The molecular formula is C28H26F3N7O3. The van der Waals surface area contributed by atoms with E-state index < -0.39 is 53.6 Å². The Hall–Kier alpha value is -4.94. The summed E-state index contributed by atoms with van der Waals surface area (Å²) < 4.78 is 44.2. The number of benzodiazepines with no additional fused rings is 1. The van der Waals surface area contributed by atoms with Crippen LogP contribution in [0.15, 0.2) is 59.6 Å². The number of piperazine rings is 1.